The lowest BCUT2D eigenvalue weighted by atomic mass is 10.3. The van der Waals surface area contributed by atoms with Crippen molar-refractivity contribution in [1.29, 1.82) is 0 Å². The normalized spacial score (nSPS) is 10.5. The van der Waals surface area contributed by atoms with Crippen LogP contribution in [0, 0.1) is 6.92 Å². The fraction of sp³-hybridized carbons (Fsp3) is 0.231. The van der Waals surface area contributed by atoms with Gasteiger partial charge >= 0.3 is 0 Å². The van der Waals surface area contributed by atoms with Gasteiger partial charge in [-0.2, -0.15) is 4.98 Å². The second-order valence-electron chi connectivity index (χ2n) is 3.99. The molecular weight excluding hydrogens is 330 g/mol. The molecule has 1 heterocycles. The molecule has 2 rings (SSSR count). The summed E-state index contributed by atoms with van der Waals surface area (Å²) in [5.74, 6) is 2.04. The number of nitrogen functional groups attached to an aromatic ring is 1. The van der Waals surface area contributed by atoms with E-state index in [0.29, 0.717) is 40.3 Å². The predicted molar refractivity (Wildman–Crippen MR) is 79.8 cm³/mol. The summed E-state index contributed by atoms with van der Waals surface area (Å²) in [6.45, 7) is 3.78. The van der Waals surface area contributed by atoms with Gasteiger partial charge in [-0.25, -0.2) is 4.98 Å². The minimum atomic E-state index is 0.426. The molecule has 100 valence electrons. The molecule has 0 bridgehead atoms. The monoisotopic (exact) mass is 341 g/mol. The van der Waals surface area contributed by atoms with Crippen molar-refractivity contribution in [2.24, 2.45) is 0 Å². The van der Waals surface area contributed by atoms with Crippen LogP contribution in [0.1, 0.15) is 18.3 Å². The number of nitrogens with two attached hydrogens (primary N) is 1. The number of rotatable bonds is 3. The summed E-state index contributed by atoms with van der Waals surface area (Å²) in [6.07, 6.45) is 0.689. The Hall–Kier alpha value is -1.33. The topological polar surface area (TPSA) is 61.0 Å². The van der Waals surface area contributed by atoms with Crippen LogP contribution in [-0.2, 0) is 6.42 Å². The van der Waals surface area contributed by atoms with Crippen molar-refractivity contribution < 1.29 is 4.74 Å². The number of hydrogen-bond donors (Lipinski definition) is 1. The highest BCUT2D eigenvalue weighted by Crippen LogP contribution is 2.33. The van der Waals surface area contributed by atoms with Crippen LogP contribution in [0.3, 0.4) is 0 Å². The molecule has 0 atom stereocenters. The number of hydrogen-bond acceptors (Lipinski definition) is 4. The molecule has 0 saturated heterocycles. The average molecular weight is 343 g/mol. The van der Waals surface area contributed by atoms with Gasteiger partial charge in [-0.05, 0) is 25.1 Å². The summed E-state index contributed by atoms with van der Waals surface area (Å²) in [5.41, 5.74) is 6.55. The van der Waals surface area contributed by atoms with E-state index in [1.807, 2.05) is 19.9 Å². The van der Waals surface area contributed by atoms with E-state index >= 15 is 0 Å². The maximum atomic E-state index is 6.12. The Labute approximate surface area is 125 Å². The van der Waals surface area contributed by atoms with Gasteiger partial charge in [-0.15, -0.1) is 0 Å². The molecule has 0 aliphatic heterocycles. The van der Waals surface area contributed by atoms with Gasteiger partial charge in [0.1, 0.15) is 17.4 Å². The molecule has 1 aromatic heterocycles. The molecule has 0 spiro atoms. The maximum Gasteiger partial charge on any atom is 0.227 e. The van der Waals surface area contributed by atoms with Crippen LogP contribution < -0.4 is 10.5 Å². The van der Waals surface area contributed by atoms with E-state index < -0.39 is 0 Å². The minimum Gasteiger partial charge on any atom is -0.437 e. The summed E-state index contributed by atoms with van der Waals surface area (Å²) in [7, 11) is 0. The van der Waals surface area contributed by atoms with Crippen LogP contribution in [0.15, 0.2) is 22.7 Å². The molecule has 1 aromatic carbocycles. The number of ether oxygens (including phenoxy) is 1. The van der Waals surface area contributed by atoms with Crippen molar-refractivity contribution >= 4 is 33.3 Å². The molecule has 19 heavy (non-hydrogen) atoms. The second-order valence-corrected chi connectivity index (χ2v) is 5.31. The largest absolute Gasteiger partial charge is 0.437 e. The molecule has 0 amide bonds. The molecule has 2 aromatic rings. The van der Waals surface area contributed by atoms with Gasteiger partial charge in [0.05, 0.1) is 10.6 Å². The highest BCUT2D eigenvalue weighted by molar-refractivity contribution is 9.10. The second kappa shape index (κ2) is 5.75. The van der Waals surface area contributed by atoms with E-state index in [1.165, 1.54) is 0 Å². The fourth-order valence-electron chi connectivity index (χ4n) is 1.48. The average Bonchev–Trinajstić information content (AvgIpc) is 2.37. The van der Waals surface area contributed by atoms with Crippen molar-refractivity contribution in [1.82, 2.24) is 9.97 Å². The molecule has 6 heteroatoms. The SMILES string of the molecule is CCc1nc(N)c(C)c(Oc2ccc(Br)cc2Cl)n1. The highest BCUT2D eigenvalue weighted by atomic mass is 79.9. The van der Waals surface area contributed by atoms with Crippen LogP contribution in [0.5, 0.6) is 11.6 Å². The first-order valence-corrected chi connectivity index (χ1v) is 6.94. The van der Waals surface area contributed by atoms with Crippen LogP contribution in [0.4, 0.5) is 5.82 Å². The van der Waals surface area contributed by atoms with Crippen LogP contribution in [0.25, 0.3) is 0 Å². The molecule has 0 radical (unpaired) electrons. The molecule has 2 N–H and O–H groups in total. The van der Waals surface area contributed by atoms with Gasteiger partial charge < -0.3 is 10.5 Å². The Kier molecular flexibility index (Phi) is 4.27. The Morgan fingerprint density at radius 1 is 1.37 bits per heavy atom. The Morgan fingerprint density at radius 3 is 2.74 bits per heavy atom. The van der Waals surface area contributed by atoms with Crippen molar-refractivity contribution in [2.45, 2.75) is 20.3 Å². The molecule has 4 nitrogen and oxygen atoms in total. The summed E-state index contributed by atoms with van der Waals surface area (Å²) < 4.78 is 6.62. The predicted octanol–water partition coefficient (Wildman–Crippen LogP) is 4.14. The molecule has 0 unspecified atom stereocenters. The quantitative estimate of drug-likeness (QED) is 0.910. The number of anilines is 1. The molecular formula is C13H13BrClN3O. The van der Waals surface area contributed by atoms with E-state index in [0.717, 1.165) is 4.47 Å². The van der Waals surface area contributed by atoms with Gasteiger partial charge in [0.15, 0.2) is 0 Å². The molecule has 0 aliphatic carbocycles. The standard InChI is InChI=1S/C13H13BrClN3O/c1-3-11-17-12(16)7(2)13(18-11)19-10-5-4-8(14)6-9(10)15/h4-6H,3H2,1-2H3,(H2,16,17,18). The van der Waals surface area contributed by atoms with E-state index in [4.69, 9.17) is 22.1 Å². The lowest BCUT2D eigenvalue weighted by molar-refractivity contribution is 0.455. The Balaban J connectivity index is 2.40. The summed E-state index contributed by atoms with van der Waals surface area (Å²) >= 11 is 9.46. The van der Waals surface area contributed by atoms with Gasteiger partial charge in [-0.1, -0.05) is 34.5 Å². The van der Waals surface area contributed by atoms with Crippen LogP contribution >= 0.6 is 27.5 Å². The van der Waals surface area contributed by atoms with E-state index in [2.05, 4.69) is 25.9 Å². The number of aromatic nitrogens is 2. The van der Waals surface area contributed by atoms with Gasteiger partial charge in [0.2, 0.25) is 5.88 Å². The Morgan fingerprint density at radius 2 is 2.11 bits per heavy atom. The first-order valence-electron chi connectivity index (χ1n) is 5.77. The highest BCUT2D eigenvalue weighted by Gasteiger charge is 2.12. The van der Waals surface area contributed by atoms with Crippen molar-refractivity contribution in [3.63, 3.8) is 0 Å². The fourth-order valence-corrected chi connectivity index (χ4v) is 2.19. The first-order chi connectivity index (χ1) is 9.01. The minimum absolute atomic E-state index is 0.426. The van der Waals surface area contributed by atoms with E-state index in [-0.39, 0.29) is 0 Å². The maximum absolute atomic E-state index is 6.12. The lowest BCUT2D eigenvalue weighted by Gasteiger charge is -2.11. The zero-order chi connectivity index (χ0) is 14.0. The van der Waals surface area contributed by atoms with Crippen LogP contribution in [-0.4, -0.2) is 9.97 Å². The number of halogens is 2. The van der Waals surface area contributed by atoms with Gasteiger partial charge in [0, 0.05) is 10.9 Å². The zero-order valence-electron chi connectivity index (χ0n) is 10.6. The summed E-state index contributed by atoms with van der Waals surface area (Å²) in [5, 5.41) is 0.504. The summed E-state index contributed by atoms with van der Waals surface area (Å²) in [4.78, 5) is 8.50. The number of aryl methyl sites for hydroxylation is 1. The third-order valence-corrected chi connectivity index (χ3v) is 3.39. The van der Waals surface area contributed by atoms with Crippen molar-refractivity contribution in [3.05, 3.63) is 39.1 Å². The third kappa shape index (κ3) is 3.16. The van der Waals surface area contributed by atoms with Crippen molar-refractivity contribution in [3.8, 4) is 11.6 Å². The van der Waals surface area contributed by atoms with Crippen LogP contribution in [0.2, 0.25) is 5.02 Å². The van der Waals surface area contributed by atoms with E-state index in [1.54, 1.807) is 12.1 Å². The van der Waals surface area contributed by atoms with E-state index in [9.17, 15) is 0 Å². The molecule has 0 fully saturated rings. The van der Waals surface area contributed by atoms with Gasteiger partial charge in [0.25, 0.3) is 0 Å². The molecule has 0 aliphatic rings. The number of nitrogens with zero attached hydrogens (tertiary/aromatic N) is 2. The van der Waals surface area contributed by atoms with Gasteiger partial charge in [-0.3, -0.25) is 0 Å². The zero-order valence-corrected chi connectivity index (χ0v) is 12.9. The summed E-state index contributed by atoms with van der Waals surface area (Å²) in [6, 6.07) is 5.38. The lowest BCUT2D eigenvalue weighted by Crippen LogP contribution is -2.04. The first kappa shape index (κ1) is 14.1. The van der Waals surface area contributed by atoms with Crippen molar-refractivity contribution in [2.75, 3.05) is 5.73 Å². The third-order valence-electron chi connectivity index (χ3n) is 2.60. The smallest absolute Gasteiger partial charge is 0.227 e. The number of benzene rings is 1. The Bertz CT molecular complexity index is 619. The molecule has 0 saturated carbocycles.